The van der Waals surface area contributed by atoms with Crippen LogP contribution in [0.1, 0.15) is 32.6 Å². The number of piperidine rings is 2. The minimum absolute atomic E-state index is 0.0141. The van der Waals surface area contributed by atoms with E-state index in [9.17, 15) is 18.0 Å². The molecule has 0 unspecified atom stereocenters. The number of amides is 3. The number of rotatable bonds is 6. The second kappa shape index (κ2) is 7.27. The van der Waals surface area contributed by atoms with Gasteiger partial charge in [-0.1, -0.05) is 6.92 Å². The van der Waals surface area contributed by atoms with Gasteiger partial charge in [0.1, 0.15) is 6.04 Å². The third-order valence-corrected chi connectivity index (χ3v) is 5.55. The van der Waals surface area contributed by atoms with E-state index in [1.54, 1.807) is 0 Å². The van der Waals surface area contributed by atoms with Crippen LogP contribution in [-0.4, -0.2) is 73.2 Å². The normalized spacial score (nSPS) is 28.3. The summed E-state index contributed by atoms with van der Waals surface area (Å²) >= 11 is 0. The molecule has 0 aliphatic carbocycles. The fourth-order valence-corrected chi connectivity index (χ4v) is 4.02. The highest BCUT2D eigenvalue weighted by atomic mass is 32.3. The third kappa shape index (κ3) is 4.26. The van der Waals surface area contributed by atoms with E-state index in [1.807, 2.05) is 0 Å². The zero-order valence-corrected chi connectivity index (χ0v) is 15.3. The number of urea groups is 1. The van der Waals surface area contributed by atoms with E-state index in [0.29, 0.717) is 24.5 Å². The Balaban J connectivity index is 1.53. The van der Waals surface area contributed by atoms with Crippen molar-refractivity contribution in [3.05, 3.63) is 0 Å². The van der Waals surface area contributed by atoms with Crippen molar-refractivity contribution < 1.29 is 31.7 Å². The predicted molar refractivity (Wildman–Crippen MR) is 87.7 cm³/mol. The molecule has 2 bridgehead atoms. The molecule has 0 saturated carbocycles. The molecule has 2 atom stereocenters. The maximum absolute atomic E-state index is 12.4. The fraction of sp³-hybridized carbons (Fsp3) is 0.857. The molecule has 148 valence electrons. The molecular weight excluding hydrogens is 368 g/mol. The van der Waals surface area contributed by atoms with Crippen LogP contribution >= 0.6 is 0 Å². The Morgan fingerprint density at radius 1 is 1.38 bits per heavy atom. The van der Waals surface area contributed by atoms with Gasteiger partial charge in [0.05, 0.1) is 12.6 Å². The molecule has 3 aliphatic rings. The molecule has 3 saturated heterocycles. The van der Waals surface area contributed by atoms with Gasteiger partial charge >= 0.3 is 16.4 Å². The van der Waals surface area contributed by atoms with Gasteiger partial charge in [0.15, 0.2) is 0 Å². The van der Waals surface area contributed by atoms with Crippen LogP contribution in [0.3, 0.4) is 0 Å². The van der Waals surface area contributed by atoms with Crippen molar-refractivity contribution >= 4 is 22.3 Å². The summed E-state index contributed by atoms with van der Waals surface area (Å²) in [6.07, 6.45) is 2.61. The van der Waals surface area contributed by atoms with Gasteiger partial charge in [-0.05, 0) is 44.2 Å². The van der Waals surface area contributed by atoms with Crippen LogP contribution in [0.15, 0.2) is 0 Å². The molecule has 26 heavy (non-hydrogen) atoms. The van der Waals surface area contributed by atoms with Crippen molar-refractivity contribution in [3.8, 4) is 0 Å². The predicted octanol–water partition coefficient (Wildman–Crippen LogP) is -0.573. The topological polar surface area (TPSA) is 138 Å². The van der Waals surface area contributed by atoms with Crippen LogP contribution in [0.4, 0.5) is 4.79 Å². The lowest BCUT2D eigenvalue weighted by Gasteiger charge is -2.34. The van der Waals surface area contributed by atoms with Gasteiger partial charge in [0.2, 0.25) is 0 Å². The van der Waals surface area contributed by atoms with Crippen molar-refractivity contribution in [2.24, 2.45) is 5.41 Å². The van der Waals surface area contributed by atoms with Crippen molar-refractivity contribution in [1.29, 1.82) is 0 Å². The number of carbonyl (C=O) groups is 2. The summed E-state index contributed by atoms with van der Waals surface area (Å²) in [6.45, 7) is 4.44. The first-order valence-electron chi connectivity index (χ1n) is 8.58. The maximum atomic E-state index is 12.4. The zero-order valence-electron chi connectivity index (χ0n) is 14.5. The van der Waals surface area contributed by atoms with Crippen LogP contribution in [0.25, 0.3) is 0 Å². The number of hydrogen-bond acceptors (Lipinski definition) is 7. The van der Waals surface area contributed by atoms with E-state index < -0.39 is 34.4 Å². The minimum atomic E-state index is -4.80. The molecule has 0 aromatic rings. The van der Waals surface area contributed by atoms with E-state index in [0.717, 1.165) is 25.9 Å². The van der Waals surface area contributed by atoms with E-state index in [2.05, 4.69) is 22.0 Å². The smallest absolute Gasteiger partial charge is 0.317 e. The summed E-state index contributed by atoms with van der Waals surface area (Å²) in [5.41, 5.74) is 2.40. The number of hydroxylamine groups is 3. The van der Waals surface area contributed by atoms with E-state index in [1.165, 1.54) is 4.90 Å². The second-order valence-corrected chi connectivity index (χ2v) is 8.33. The zero-order chi connectivity index (χ0) is 18.9. The molecule has 0 aromatic heterocycles. The van der Waals surface area contributed by atoms with Gasteiger partial charge in [0, 0.05) is 6.54 Å². The van der Waals surface area contributed by atoms with E-state index in [-0.39, 0.29) is 12.0 Å². The van der Waals surface area contributed by atoms with Gasteiger partial charge in [-0.3, -0.25) is 14.2 Å². The Hall–Kier alpha value is -1.47. The number of hydrogen-bond donors (Lipinski definition) is 3. The molecule has 0 aromatic carbocycles. The molecule has 3 amide bonds. The molecule has 3 heterocycles. The average Bonchev–Trinajstić information content (AvgIpc) is 2.79. The van der Waals surface area contributed by atoms with Gasteiger partial charge in [-0.25, -0.2) is 10.3 Å². The highest BCUT2D eigenvalue weighted by Gasteiger charge is 2.49. The molecule has 12 heteroatoms. The average molecular weight is 392 g/mol. The van der Waals surface area contributed by atoms with Crippen molar-refractivity contribution in [3.63, 3.8) is 0 Å². The quantitative estimate of drug-likeness (QED) is 0.404. The fourth-order valence-electron chi connectivity index (χ4n) is 3.63. The number of carbonyl (C=O) groups excluding carboxylic acids is 2. The van der Waals surface area contributed by atoms with Crippen molar-refractivity contribution in [1.82, 2.24) is 20.8 Å². The number of nitrogens with one attached hydrogen (secondary N) is 2. The van der Waals surface area contributed by atoms with Gasteiger partial charge in [-0.2, -0.15) is 13.5 Å². The van der Waals surface area contributed by atoms with Crippen LogP contribution < -0.4 is 10.8 Å². The largest absolute Gasteiger partial charge is 0.418 e. The monoisotopic (exact) mass is 392 g/mol. The number of nitrogens with zero attached hydrogens (tertiary/aromatic N) is 2. The van der Waals surface area contributed by atoms with Crippen LogP contribution in [0.5, 0.6) is 0 Å². The molecule has 3 aliphatic heterocycles. The first kappa shape index (κ1) is 19.3. The highest BCUT2D eigenvalue weighted by Crippen LogP contribution is 2.31. The molecule has 0 spiro atoms. The molecule has 3 fully saturated rings. The van der Waals surface area contributed by atoms with Crippen molar-refractivity contribution in [2.75, 3.05) is 26.2 Å². The first-order valence-corrected chi connectivity index (χ1v) is 9.94. The Morgan fingerprint density at radius 3 is 2.73 bits per heavy atom. The van der Waals surface area contributed by atoms with Gasteiger partial charge < -0.3 is 10.2 Å². The Bertz CT molecular complexity index is 664. The summed E-state index contributed by atoms with van der Waals surface area (Å²) in [7, 11) is -4.80. The maximum Gasteiger partial charge on any atom is 0.418 e. The third-order valence-electron chi connectivity index (χ3n) is 5.20. The molecule has 0 radical (unpaired) electrons. The molecule has 3 N–H and O–H groups in total. The van der Waals surface area contributed by atoms with E-state index >= 15 is 0 Å². The number of fused-ring (bicyclic) bond motifs is 2. The lowest BCUT2D eigenvalue weighted by molar-refractivity contribution is -0.142. The SMILES string of the molecule is CC1(CONC(=O)[C@@H]2CC[C@@H]3CN2C(=O)N3OS(=O)(=O)O)CCNCC1. The van der Waals surface area contributed by atoms with Crippen LogP contribution in [0, 0.1) is 5.41 Å². The highest BCUT2D eigenvalue weighted by molar-refractivity contribution is 7.80. The van der Waals surface area contributed by atoms with E-state index in [4.69, 9.17) is 9.39 Å². The molecular formula is C14H24N4O7S. The Morgan fingerprint density at radius 2 is 2.08 bits per heavy atom. The molecule has 3 rings (SSSR count). The molecule has 11 nitrogen and oxygen atoms in total. The summed E-state index contributed by atoms with van der Waals surface area (Å²) in [6, 6.07) is -2.06. The van der Waals surface area contributed by atoms with Crippen LogP contribution in [0.2, 0.25) is 0 Å². The minimum Gasteiger partial charge on any atom is -0.317 e. The second-order valence-electron chi connectivity index (χ2n) is 7.33. The Labute approximate surface area is 151 Å². The lowest BCUT2D eigenvalue weighted by Crippen LogP contribution is -2.50. The van der Waals surface area contributed by atoms with Gasteiger partial charge in [0.25, 0.3) is 5.91 Å². The van der Waals surface area contributed by atoms with Gasteiger partial charge in [-0.15, -0.1) is 4.28 Å². The summed E-state index contributed by atoms with van der Waals surface area (Å²) in [5.74, 6) is -0.456. The lowest BCUT2D eigenvalue weighted by atomic mass is 9.82. The summed E-state index contributed by atoms with van der Waals surface area (Å²) in [5, 5.41) is 3.88. The Kier molecular flexibility index (Phi) is 5.40. The summed E-state index contributed by atoms with van der Waals surface area (Å²) in [4.78, 5) is 31.3. The van der Waals surface area contributed by atoms with Crippen LogP contribution in [-0.2, 0) is 24.3 Å². The summed E-state index contributed by atoms with van der Waals surface area (Å²) < 4.78 is 34.9. The first-order chi connectivity index (χ1) is 12.2. The standard InChI is InChI=1S/C14H24N4O7S/c1-14(4-6-15-7-5-14)9-24-16-12(19)11-3-2-10-8-17(11)13(20)18(10)25-26(21,22)23/h10-11,15H,2-9H2,1H3,(H,16,19)(H,21,22,23)/t10-,11+/m1/s1. The van der Waals surface area contributed by atoms with Crippen molar-refractivity contribution in [2.45, 2.75) is 44.7 Å².